The van der Waals surface area contributed by atoms with Crippen molar-refractivity contribution in [2.24, 2.45) is 16.6 Å². The predicted octanol–water partition coefficient (Wildman–Crippen LogP) is 6.14. The van der Waals surface area contributed by atoms with Crippen LogP contribution in [0.4, 0.5) is 17.6 Å². The number of amides is 4. The van der Waals surface area contributed by atoms with E-state index in [1.807, 2.05) is 6.92 Å². The number of carbonyl (C=O) groups is 6. The van der Waals surface area contributed by atoms with E-state index in [0.717, 1.165) is 23.1 Å². The molecule has 2 rings (SSSR count). The van der Waals surface area contributed by atoms with E-state index in [1.165, 1.54) is 60.6 Å². The van der Waals surface area contributed by atoms with Gasteiger partial charge in [0.15, 0.2) is 0 Å². The SMILES string of the molecule is CCCC[C@H](NC(=O)/C=C(\C)c1ccc(C(F)(F)P(=O)(OCOC(=O)C(C)(C)C)OCOC(=O)C(C)(C)C)cc1)C(=O)N1CC(F)(F)CC1C(=O)NC(C)CCC(N)=O. The van der Waals surface area contributed by atoms with Crippen LogP contribution in [0.2, 0.25) is 0 Å². The van der Waals surface area contributed by atoms with Crippen molar-refractivity contribution in [1.29, 1.82) is 0 Å². The molecular weight excluding hydrogens is 807 g/mol. The number of nitrogens with one attached hydrogen (secondary N) is 2. The van der Waals surface area contributed by atoms with Gasteiger partial charge in [0.05, 0.1) is 17.4 Å². The average Bonchev–Trinajstić information content (AvgIpc) is 3.46. The number of unbranched alkanes of at least 4 members (excludes halogenated alkanes) is 1. The maximum Gasteiger partial charge on any atom is 0.410 e. The van der Waals surface area contributed by atoms with Crippen LogP contribution < -0.4 is 16.4 Å². The van der Waals surface area contributed by atoms with Crippen molar-refractivity contribution >= 4 is 48.7 Å². The Morgan fingerprint density at radius 2 is 1.46 bits per heavy atom. The van der Waals surface area contributed by atoms with E-state index in [1.54, 1.807) is 6.92 Å². The van der Waals surface area contributed by atoms with Crippen molar-refractivity contribution in [3.8, 4) is 0 Å². The average molecular weight is 865 g/mol. The lowest BCUT2D eigenvalue weighted by atomic mass is 9.98. The molecule has 0 saturated carbocycles. The number of nitrogens with zero attached hydrogens (tertiary/aromatic N) is 1. The first kappa shape index (κ1) is 50.8. The lowest BCUT2D eigenvalue weighted by Crippen LogP contribution is -2.54. The molecule has 1 heterocycles. The number of likely N-dealkylation sites (tertiary alicyclic amines) is 1. The highest BCUT2D eigenvalue weighted by Gasteiger charge is 2.56. The molecule has 0 aromatic heterocycles. The van der Waals surface area contributed by atoms with Crippen LogP contribution >= 0.6 is 7.60 Å². The molecule has 0 aliphatic carbocycles. The van der Waals surface area contributed by atoms with Gasteiger partial charge in [0.2, 0.25) is 37.2 Å². The first-order valence-corrected chi connectivity index (χ1v) is 20.6. The lowest BCUT2D eigenvalue weighted by molar-refractivity contribution is -0.163. The first-order chi connectivity index (χ1) is 27.0. The molecule has 3 atom stereocenters. The molecular formula is C39H57F4N4O11P. The molecule has 4 amide bonds. The summed E-state index contributed by atoms with van der Waals surface area (Å²) in [6, 6.07) is 0.652. The number of hydrogen-bond donors (Lipinski definition) is 3. The largest absolute Gasteiger partial charge is 0.438 e. The van der Waals surface area contributed by atoms with E-state index in [4.69, 9.17) is 24.3 Å². The van der Waals surface area contributed by atoms with E-state index >= 15 is 8.78 Å². The van der Waals surface area contributed by atoms with Crippen molar-refractivity contribution in [2.75, 3.05) is 20.1 Å². The highest BCUT2D eigenvalue weighted by molar-refractivity contribution is 7.54. The van der Waals surface area contributed by atoms with Crippen LogP contribution in [0.1, 0.15) is 112 Å². The molecule has 1 aromatic carbocycles. The molecule has 59 heavy (non-hydrogen) atoms. The number of carbonyl (C=O) groups excluding carboxylic acids is 6. The molecule has 1 aliphatic rings. The Kier molecular flexibility index (Phi) is 17.9. The Morgan fingerprint density at radius 1 is 0.932 bits per heavy atom. The van der Waals surface area contributed by atoms with Crippen LogP contribution in [0.25, 0.3) is 5.57 Å². The number of ether oxygens (including phenoxy) is 2. The van der Waals surface area contributed by atoms with Crippen LogP contribution in [0.3, 0.4) is 0 Å². The quantitative estimate of drug-likeness (QED) is 0.0446. The Bertz CT molecular complexity index is 1730. The number of rotatable bonds is 20. The maximum atomic E-state index is 16.0. The summed E-state index contributed by atoms with van der Waals surface area (Å²) >= 11 is 0. The highest BCUT2D eigenvalue weighted by atomic mass is 31.2. The van der Waals surface area contributed by atoms with Gasteiger partial charge in [-0.15, -0.1) is 0 Å². The van der Waals surface area contributed by atoms with Crippen LogP contribution in [0.15, 0.2) is 30.3 Å². The summed E-state index contributed by atoms with van der Waals surface area (Å²) in [4.78, 5) is 76.2. The zero-order chi connectivity index (χ0) is 45.1. The van der Waals surface area contributed by atoms with Gasteiger partial charge in [-0.3, -0.25) is 42.4 Å². The third kappa shape index (κ3) is 15.0. The number of alkyl halides is 4. The van der Waals surface area contributed by atoms with Crippen molar-refractivity contribution in [3.05, 3.63) is 41.5 Å². The van der Waals surface area contributed by atoms with Gasteiger partial charge in [-0.1, -0.05) is 44.0 Å². The summed E-state index contributed by atoms with van der Waals surface area (Å²) in [6.45, 7) is 10.4. The number of hydrogen-bond acceptors (Lipinski definition) is 11. The molecule has 1 saturated heterocycles. The summed E-state index contributed by atoms with van der Waals surface area (Å²) in [5.74, 6) is -8.27. The molecule has 1 aromatic rings. The standard InChI is InChI=1S/C39H57F4N4O11P/c1-10-11-12-28(33(51)47-21-38(40,41)20-29(47)32(50)45-25(3)13-18-30(44)48)46-31(49)19-24(2)26-14-16-27(17-15-26)39(42,43)59(54,57-22-55-34(52)36(4,5)6)58-23-56-35(53)37(7,8)9/h14-17,19,25,28-29H,10-13,18,20-23H2,1-9H3,(H2,44,48)(H,45,50)(H,46,49)/b24-19+/t25?,28-,29?/m0/s1. The van der Waals surface area contributed by atoms with Crippen molar-refractivity contribution in [1.82, 2.24) is 15.5 Å². The third-order valence-electron chi connectivity index (χ3n) is 8.96. The predicted molar refractivity (Wildman–Crippen MR) is 207 cm³/mol. The zero-order valence-electron chi connectivity index (χ0n) is 35.0. The summed E-state index contributed by atoms with van der Waals surface area (Å²) in [7, 11) is -5.59. The van der Waals surface area contributed by atoms with E-state index in [2.05, 4.69) is 10.6 Å². The maximum absolute atomic E-state index is 16.0. The summed E-state index contributed by atoms with van der Waals surface area (Å²) < 4.78 is 94.4. The molecule has 0 bridgehead atoms. The number of benzene rings is 1. The lowest BCUT2D eigenvalue weighted by Gasteiger charge is -2.29. The molecule has 2 unspecified atom stereocenters. The molecule has 1 aliphatic heterocycles. The van der Waals surface area contributed by atoms with Gasteiger partial charge in [-0.2, -0.15) is 8.78 Å². The minimum atomic E-state index is -5.59. The third-order valence-corrected chi connectivity index (χ3v) is 10.8. The summed E-state index contributed by atoms with van der Waals surface area (Å²) in [5.41, 5.74) is -1.77. The molecule has 0 radical (unpaired) electrons. The van der Waals surface area contributed by atoms with Crippen LogP contribution in [-0.2, 0) is 57.5 Å². The second kappa shape index (κ2) is 20.8. The minimum absolute atomic E-state index is 0.0537. The molecule has 4 N–H and O–H groups in total. The second-order valence-corrected chi connectivity index (χ2v) is 18.5. The molecule has 15 nitrogen and oxygen atoms in total. The zero-order valence-corrected chi connectivity index (χ0v) is 35.9. The van der Waals surface area contributed by atoms with Gasteiger partial charge in [-0.25, -0.2) is 8.78 Å². The molecule has 332 valence electrons. The fourth-order valence-electron chi connectivity index (χ4n) is 5.43. The number of primary amides is 1. The summed E-state index contributed by atoms with van der Waals surface area (Å²) in [6.07, 6.45) is 1.26. The molecule has 0 spiro atoms. The van der Waals surface area contributed by atoms with Gasteiger partial charge in [0.25, 0.3) is 5.92 Å². The van der Waals surface area contributed by atoms with Crippen LogP contribution in [-0.4, -0.2) is 84.6 Å². The van der Waals surface area contributed by atoms with E-state index in [-0.39, 0.29) is 30.4 Å². The fourth-order valence-corrected chi connectivity index (χ4v) is 6.68. The van der Waals surface area contributed by atoms with Crippen molar-refractivity contribution in [3.63, 3.8) is 0 Å². The minimum Gasteiger partial charge on any atom is -0.438 e. The Balaban J connectivity index is 2.30. The van der Waals surface area contributed by atoms with Crippen molar-refractivity contribution in [2.45, 2.75) is 131 Å². The number of halogens is 4. The Labute approximate surface area is 342 Å². The second-order valence-electron chi connectivity index (χ2n) is 16.5. The fraction of sp³-hybridized carbons (Fsp3) is 0.641. The van der Waals surface area contributed by atoms with Gasteiger partial charge >= 0.3 is 25.2 Å². The molecule has 20 heteroatoms. The topological polar surface area (TPSA) is 210 Å². The van der Waals surface area contributed by atoms with Gasteiger partial charge in [0.1, 0.15) is 12.1 Å². The Hall–Kier alpha value is -4.35. The molecule has 1 fully saturated rings. The van der Waals surface area contributed by atoms with Crippen molar-refractivity contribution < 1.29 is 69.4 Å². The number of esters is 2. The van der Waals surface area contributed by atoms with Gasteiger partial charge in [-0.05, 0) is 79.4 Å². The van der Waals surface area contributed by atoms with E-state index in [0.29, 0.717) is 12.8 Å². The summed E-state index contributed by atoms with van der Waals surface area (Å²) in [5, 5.41) is 5.06. The normalized spacial score (nSPS) is 17.1. The van der Waals surface area contributed by atoms with E-state index in [9.17, 15) is 42.1 Å². The van der Waals surface area contributed by atoms with Gasteiger partial charge < -0.3 is 30.7 Å². The van der Waals surface area contributed by atoms with Gasteiger partial charge in [0, 0.05) is 30.5 Å². The van der Waals surface area contributed by atoms with E-state index < -0.39 is 116 Å². The highest BCUT2D eigenvalue weighted by Crippen LogP contribution is 2.67. The van der Waals surface area contributed by atoms with Crippen LogP contribution in [0.5, 0.6) is 0 Å². The monoisotopic (exact) mass is 864 g/mol. The number of allylic oxidation sites excluding steroid dienone is 1. The first-order valence-electron chi connectivity index (χ1n) is 19.0. The Morgan fingerprint density at radius 3 is 1.93 bits per heavy atom. The van der Waals surface area contributed by atoms with Crippen LogP contribution in [0, 0.1) is 10.8 Å². The number of nitrogens with two attached hydrogens (primary N) is 1. The smallest absolute Gasteiger partial charge is 0.410 e.